The first-order chi connectivity index (χ1) is 6.68. The number of aryl methyl sites for hydroxylation is 1. The van der Waals surface area contributed by atoms with Crippen molar-refractivity contribution >= 4 is 11.6 Å². The van der Waals surface area contributed by atoms with Gasteiger partial charge >= 0.3 is 0 Å². The van der Waals surface area contributed by atoms with Crippen LogP contribution in [0.15, 0.2) is 18.2 Å². The van der Waals surface area contributed by atoms with Crippen LogP contribution in [0.25, 0.3) is 0 Å². The Morgan fingerprint density at radius 2 is 2.36 bits per heavy atom. The Morgan fingerprint density at radius 3 is 3.07 bits per heavy atom. The molecule has 2 unspecified atom stereocenters. The standard InChI is InChI=1S/C11H14ClNO/c1-7(13)10-6-5-8-3-2-4-9(12)11(8)14-10/h2-4,7,10H,5-6,13H2,1H3. The van der Waals surface area contributed by atoms with Gasteiger partial charge in [0.25, 0.3) is 0 Å². The minimum Gasteiger partial charge on any atom is -0.487 e. The van der Waals surface area contributed by atoms with Crippen LogP contribution in [-0.2, 0) is 6.42 Å². The van der Waals surface area contributed by atoms with E-state index in [0.717, 1.165) is 18.6 Å². The molecule has 0 saturated heterocycles. The lowest BCUT2D eigenvalue weighted by Gasteiger charge is -2.29. The molecule has 3 heteroatoms. The van der Waals surface area contributed by atoms with Crippen LogP contribution in [0.1, 0.15) is 18.9 Å². The van der Waals surface area contributed by atoms with E-state index in [2.05, 4.69) is 6.07 Å². The number of nitrogens with two attached hydrogens (primary N) is 1. The maximum atomic E-state index is 6.05. The molecule has 0 spiro atoms. The third-order valence-electron chi connectivity index (χ3n) is 2.60. The van der Waals surface area contributed by atoms with Gasteiger partial charge < -0.3 is 10.5 Å². The summed E-state index contributed by atoms with van der Waals surface area (Å²) >= 11 is 6.05. The SMILES string of the molecule is CC(N)C1CCc2cccc(Cl)c2O1. The number of benzene rings is 1. The van der Waals surface area contributed by atoms with Gasteiger partial charge in [0.1, 0.15) is 11.9 Å². The molecule has 2 N–H and O–H groups in total. The number of halogens is 1. The summed E-state index contributed by atoms with van der Waals surface area (Å²) in [6, 6.07) is 5.92. The van der Waals surface area contributed by atoms with Crippen molar-refractivity contribution in [2.24, 2.45) is 5.73 Å². The van der Waals surface area contributed by atoms with Crippen molar-refractivity contribution in [2.75, 3.05) is 0 Å². The van der Waals surface area contributed by atoms with Gasteiger partial charge in [-0.15, -0.1) is 0 Å². The molecule has 0 radical (unpaired) electrons. The molecular formula is C11H14ClNO. The highest BCUT2D eigenvalue weighted by atomic mass is 35.5. The molecule has 76 valence electrons. The lowest BCUT2D eigenvalue weighted by atomic mass is 9.99. The smallest absolute Gasteiger partial charge is 0.141 e. The zero-order chi connectivity index (χ0) is 10.1. The van der Waals surface area contributed by atoms with Crippen molar-refractivity contribution in [2.45, 2.75) is 31.9 Å². The monoisotopic (exact) mass is 211 g/mol. The lowest BCUT2D eigenvalue weighted by molar-refractivity contribution is 0.151. The van der Waals surface area contributed by atoms with Crippen molar-refractivity contribution < 1.29 is 4.74 Å². The van der Waals surface area contributed by atoms with Crippen LogP contribution in [0.4, 0.5) is 0 Å². The molecule has 1 aromatic rings. The maximum absolute atomic E-state index is 6.05. The van der Waals surface area contributed by atoms with Gasteiger partial charge in [0.05, 0.1) is 5.02 Å². The van der Waals surface area contributed by atoms with Gasteiger partial charge in [0, 0.05) is 6.04 Å². The van der Waals surface area contributed by atoms with Crippen molar-refractivity contribution in [1.29, 1.82) is 0 Å². The molecule has 0 aromatic heterocycles. The summed E-state index contributed by atoms with van der Waals surface area (Å²) in [7, 11) is 0. The van der Waals surface area contributed by atoms with Gasteiger partial charge in [-0.3, -0.25) is 0 Å². The van der Waals surface area contributed by atoms with E-state index in [1.807, 2.05) is 19.1 Å². The van der Waals surface area contributed by atoms with Gasteiger partial charge in [-0.25, -0.2) is 0 Å². The van der Waals surface area contributed by atoms with Crippen LogP contribution in [-0.4, -0.2) is 12.1 Å². The van der Waals surface area contributed by atoms with Crippen LogP contribution in [0.5, 0.6) is 5.75 Å². The first kappa shape index (κ1) is 9.81. The highest BCUT2D eigenvalue weighted by Crippen LogP contribution is 2.34. The van der Waals surface area contributed by atoms with Crippen molar-refractivity contribution in [3.05, 3.63) is 28.8 Å². The molecule has 0 saturated carbocycles. The zero-order valence-corrected chi connectivity index (χ0v) is 8.92. The second kappa shape index (κ2) is 3.79. The van der Waals surface area contributed by atoms with E-state index in [9.17, 15) is 0 Å². The highest BCUT2D eigenvalue weighted by molar-refractivity contribution is 6.32. The Kier molecular flexibility index (Phi) is 2.66. The molecule has 0 amide bonds. The van der Waals surface area contributed by atoms with Gasteiger partial charge in [-0.05, 0) is 31.4 Å². The molecule has 1 aliphatic heterocycles. The van der Waals surface area contributed by atoms with Crippen molar-refractivity contribution in [3.63, 3.8) is 0 Å². The summed E-state index contributed by atoms with van der Waals surface area (Å²) in [5, 5.41) is 0.688. The summed E-state index contributed by atoms with van der Waals surface area (Å²) in [5.41, 5.74) is 7.00. The van der Waals surface area contributed by atoms with E-state index < -0.39 is 0 Å². The maximum Gasteiger partial charge on any atom is 0.141 e. The molecule has 0 fully saturated rings. The minimum absolute atomic E-state index is 0.0550. The van der Waals surface area contributed by atoms with Crippen LogP contribution >= 0.6 is 11.6 Å². The first-order valence-corrected chi connectivity index (χ1v) is 5.26. The Labute approximate surface area is 89.0 Å². The Bertz CT molecular complexity index is 338. The number of fused-ring (bicyclic) bond motifs is 1. The highest BCUT2D eigenvalue weighted by Gasteiger charge is 2.23. The third-order valence-corrected chi connectivity index (χ3v) is 2.90. The number of hydrogen-bond donors (Lipinski definition) is 1. The molecule has 0 aliphatic carbocycles. The van der Waals surface area contributed by atoms with E-state index >= 15 is 0 Å². The molecule has 1 aromatic carbocycles. The Hall–Kier alpha value is -0.730. The minimum atomic E-state index is 0.0550. The molecule has 0 bridgehead atoms. The lowest BCUT2D eigenvalue weighted by Crippen LogP contribution is -2.38. The average Bonchev–Trinajstić information content (AvgIpc) is 2.18. The molecular weight excluding hydrogens is 198 g/mol. The molecule has 2 nitrogen and oxygen atoms in total. The fourth-order valence-electron chi connectivity index (χ4n) is 1.76. The molecule has 2 rings (SSSR count). The fraction of sp³-hybridized carbons (Fsp3) is 0.455. The van der Waals surface area contributed by atoms with Crippen LogP contribution in [0.3, 0.4) is 0 Å². The number of hydrogen-bond acceptors (Lipinski definition) is 2. The molecule has 2 atom stereocenters. The van der Waals surface area contributed by atoms with Gasteiger partial charge in [-0.1, -0.05) is 23.7 Å². The van der Waals surface area contributed by atoms with Crippen LogP contribution < -0.4 is 10.5 Å². The van der Waals surface area contributed by atoms with Crippen molar-refractivity contribution in [1.82, 2.24) is 0 Å². The topological polar surface area (TPSA) is 35.2 Å². The summed E-state index contributed by atoms with van der Waals surface area (Å²) in [6.07, 6.45) is 2.08. The molecule has 14 heavy (non-hydrogen) atoms. The Morgan fingerprint density at radius 1 is 1.57 bits per heavy atom. The largest absolute Gasteiger partial charge is 0.487 e. The summed E-state index contributed by atoms with van der Waals surface area (Å²) in [4.78, 5) is 0. The quantitative estimate of drug-likeness (QED) is 0.774. The summed E-state index contributed by atoms with van der Waals surface area (Å²) in [5.74, 6) is 0.822. The second-order valence-electron chi connectivity index (χ2n) is 3.78. The normalized spacial score (nSPS) is 22.4. The summed E-state index contributed by atoms with van der Waals surface area (Å²) < 4.78 is 5.77. The zero-order valence-electron chi connectivity index (χ0n) is 8.16. The first-order valence-electron chi connectivity index (χ1n) is 4.88. The van der Waals surface area contributed by atoms with Gasteiger partial charge in [0.2, 0.25) is 0 Å². The Balaban J connectivity index is 2.29. The van der Waals surface area contributed by atoms with Crippen LogP contribution in [0, 0.1) is 0 Å². The third kappa shape index (κ3) is 1.72. The number of rotatable bonds is 1. The molecule has 1 heterocycles. The number of para-hydroxylation sites is 1. The van der Waals surface area contributed by atoms with E-state index in [4.69, 9.17) is 22.1 Å². The average molecular weight is 212 g/mol. The van der Waals surface area contributed by atoms with E-state index in [0.29, 0.717) is 5.02 Å². The second-order valence-corrected chi connectivity index (χ2v) is 4.19. The van der Waals surface area contributed by atoms with E-state index in [-0.39, 0.29) is 12.1 Å². The van der Waals surface area contributed by atoms with Gasteiger partial charge in [-0.2, -0.15) is 0 Å². The molecule has 1 aliphatic rings. The van der Waals surface area contributed by atoms with E-state index in [1.54, 1.807) is 0 Å². The van der Waals surface area contributed by atoms with Gasteiger partial charge in [0.15, 0.2) is 0 Å². The summed E-state index contributed by atoms with van der Waals surface area (Å²) in [6.45, 7) is 1.96. The number of ether oxygens (including phenoxy) is 1. The van der Waals surface area contributed by atoms with Crippen LogP contribution in [0.2, 0.25) is 5.02 Å². The van der Waals surface area contributed by atoms with E-state index in [1.165, 1.54) is 5.56 Å². The van der Waals surface area contributed by atoms with Crippen molar-refractivity contribution in [3.8, 4) is 5.75 Å². The fourth-order valence-corrected chi connectivity index (χ4v) is 2.00. The predicted octanol–water partition coefficient (Wildman–Crippen LogP) is 2.38. The predicted molar refractivity (Wildman–Crippen MR) is 57.8 cm³/mol.